The van der Waals surface area contributed by atoms with Gasteiger partial charge in [-0.15, -0.1) is 11.3 Å². The van der Waals surface area contributed by atoms with Gasteiger partial charge in [0.05, 0.1) is 6.54 Å². The van der Waals surface area contributed by atoms with Crippen LogP contribution in [0.15, 0.2) is 29.0 Å². The van der Waals surface area contributed by atoms with Crippen molar-refractivity contribution >= 4 is 28.6 Å². The molecule has 0 aliphatic heterocycles. The summed E-state index contributed by atoms with van der Waals surface area (Å²) < 4.78 is 0. The van der Waals surface area contributed by atoms with E-state index in [0.717, 1.165) is 28.2 Å². The van der Waals surface area contributed by atoms with Crippen LogP contribution in [0.4, 0.5) is 0 Å². The maximum Gasteiger partial charge on any atom is 0.223 e. The van der Waals surface area contributed by atoms with Crippen molar-refractivity contribution in [1.29, 1.82) is 0 Å². The molecule has 0 saturated heterocycles. The summed E-state index contributed by atoms with van der Waals surface area (Å²) >= 11 is 3.15. The van der Waals surface area contributed by atoms with Crippen LogP contribution >= 0.6 is 22.7 Å². The molecule has 1 unspecified atom stereocenters. The Morgan fingerprint density at radius 1 is 1.33 bits per heavy atom. The Labute approximate surface area is 132 Å². The molecule has 5 heteroatoms. The number of hydrogen-bond donors (Lipinski definition) is 2. The third-order valence-corrected chi connectivity index (χ3v) is 5.81. The first-order chi connectivity index (χ1) is 10.2. The molecule has 3 rings (SSSR count). The molecular weight excluding hydrogens is 302 g/mol. The van der Waals surface area contributed by atoms with Gasteiger partial charge in [0.25, 0.3) is 0 Å². The smallest absolute Gasteiger partial charge is 0.223 e. The van der Waals surface area contributed by atoms with Gasteiger partial charge in [-0.2, -0.15) is 11.3 Å². The molecule has 1 fully saturated rings. The van der Waals surface area contributed by atoms with Gasteiger partial charge in [-0.05, 0) is 47.4 Å². The quantitative estimate of drug-likeness (QED) is 0.882. The fourth-order valence-corrected chi connectivity index (χ4v) is 4.38. The molecule has 2 N–H and O–H groups in total. The van der Waals surface area contributed by atoms with E-state index in [1.54, 1.807) is 22.7 Å². The van der Waals surface area contributed by atoms with E-state index in [1.165, 1.54) is 12.8 Å². The lowest BCUT2D eigenvalue weighted by molar-refractivity contribution is -0.124. The van der Waals surface area contributed by atoms with Crippen LogP contribution in [-0.2, 0) is 11.3 Å². The summed E-state index contributed by atoms with van der Waals surface area (Å²) in [5.74, 6) is 0.390. The molecular formula is C16H19NO2S2. The monoisotopic (exact) mass is 321 g/mol. The van der Waals surface area contributed by atoms with Crippen LogP contribution in [0.1, 0.15) is 47.1 Å². The minimum atomic E-state index is -0.555. The molecule has 0 aromatic carbocycles. The lowest BCUT2D eigenvalue weighted by Crippen LogP contribution is -2.28. The second-order valence-corrected chi connectivity index (χ2v) is 7.44. The van der Waals surface area contributed by atoms with Gasteiger partial charge in [0.1, 0.15) is 6.10 Å². The van der Waals surface area contributed by atoms with Crippen LogP contribution in [0, 0.1) is 5.92 Å². The van der Waals surface area contributed by atoms with Crippen LogP contribution in [0.25, 0.3) is 0 Å². The Morgan fingerprint density at radius 3 is 2.86 bits per heavy atom. The zero-order valence-corrected chi connectivity index (χ0v) is 13.4. The molecule has 1 aliphatic rings. The average Bonchev–Trinajstić information content (AvgIpc) is 3.26. The van der Waals surface area contributed by atoms with Gasteiger partial charge in [-0.25, -0.2) is 0 Å². The highest BCUT2D eigenvalue weighted by atomic mass is 32.1. The summed E-state index contributed by atoms with van der Waals surface area (Å²) in [4.78, 5) is 14.0. The lowest BCUT2D eigenvalue weighted by Gasteiger charge is -2.09. The van der Waals surface area contributed by atoms with Crippen LogP contribution < -0.4 is 5.32 Å². The van der Waals surface area contributed by atoms with Gasteiger partial charge in [0, 0.05) is 15.7 Å². The van der Waals surface area contributed by atoms with Crippen molar-refractivity contribution in [2.24, 2.45) is 5.92 Å². The maximum atomic E-state index is 12.0. The SMILES string of the molecule is O=C(NCc1ccc(C(O)c2ccsc2)s1)C1CCCC1. The summed E-state index contributed by atoms with van der Waals surface area (Å²) in [7, 11) is 0. The van der Waals surface area contributed by atoms with Crippen molar-refractivity contribution in [3.63, 3.8) is 0 Å². The third-order valence-electron chi connectivity index (χ3n) is 3.97. The Hall–Kier alpha value is -1.17. The van der Waals surface area contributed by atoms with Crippen molar-refractivity contribution in [3.8, 4) is 0 Å². The van der Waals surface area contributed by atoms with E-state index in [4.69, 9.17) is 0 Å². The van der Waals surface area contributed by atoms with Crippen molar-refractivity contribution in [2.45, 2.75) is 38.3 Å². The van der Waals surface area contributed by atoms with E-state index in [1.807, 2.05) is 29.0 Å². The summed E-state index contributed by atoms with van der Waals surface area (Å²) in [5.41, 5.74) is 0.934. The number of amides is 1. The van der Waals surface area contributed by atoms with Crippen LogP contribution in [0.5, 0.6) is 0 Å². The maximum absolute atomic E-state index is 12.0. The second kappa shape index (κ2) is 6.73. The largest absolute Gasteiger partial charge is 0.383 e. The first-order valence-corrected chi connectivity index (χ1v) is 9.06. The second-order valence-electron chi connectivity index (χ2n) is 5.46. The van der Waals surface area contributed by atoms with Crippen molar-refractivity contribution in [2.75, 3.05) is 0 Å². The number of thiophene rings is 2. The molecule has 2 aromatic heterocycles. The van der Waals surface area contributed by atoms with E-state index in [0.29, 0.717) is 6.54 Å². The van der Waals surface area contributed by atoms with Gasteiger partial charge in [-0.3, -0.25) is 4.79 Å². The molecule has 1 amide bonds. The fourth-order valence-electron chi connectivity index (χ4n) is 2.74. The Balaban J connectivity index is 1.56. The molecule has 1 aliphatic carbocycles. The Bertz CT molecular complexity index is 585. The predicted molar refractivity (Wildman–Crippen MR) is 86.5 cm³/mol. The first-order valence-electron chi connectivity index (χ1n) is 7.30. The van der Waals surface area contributed by atoms with Crippen LogP contribution in [-0.4, -0.2) is 11.0 Å². The number of carbonyl (C=O) groups excluding carboxylic acids is 1. The molecule has 0 bridgehead atoms. The fraction of sp³-hybridized carbons (Fsp3) is 0.438. The molecule has 1 saturated carbocycles. The molecule has 3 nitrogen and oxygen atoms in total. The summed E-state index contributed by atoms with van der Waals surface area (Å²) in [5, 5.41) is 17.2. The summed E-state index contributed by atoms with van der Waals surface area (Å²) in [6.45, 7) is 0.566. The summed E-state index contributed by atoms with van der Waals surface area (Å²) in [6, 6.07) is 5.88. The number of rotatable bonds is 5. The number of nitrogens with one attached hydrogen (secondary N) is 1. The summed E-state index contributed by atoms with van der Waals surface area (Å²) in [6.07, 6.45) is 3.85. The highest BCUT2D eigenvalue weighted by Crippen LogP contribution is 2.30. The number of aliphatic hydroxyl groups is 1. The normalized spacial score (nSPS) is 17.0. The zero-order valence-electron chi connectivity index (χ0n) is 11.7. The standard InChI is InChI=1S/C16H19NO2S2/c18-15(12-7-8-20-10-12)14-6-5-13(21-14)9-17-16(19)11-3-1-2-4-11/h5-8,10-11,15,18H,1-4,9H2,(H,17,19). The van der Waals surface area contributed by atoms with E-state index in [9.17, 15) is 9.90 Å². The molecule has 2 aromatic rings. The van der Waals surface area contributed by atoms with E-state index >= 15 is 0 Å². The van der Waals surface area contributed by atoms with Gasteiger partial charge in [0.2, 0.25) is 5.91 Å². The van der Waals surface area contributed by atoms with Gasteiger partial charge in [-0.1, -0.05) is 12.8 Å². The third kappa shape index (κ3) is 3.54. The van der Waals surface area contributed by atoms with Gasteiger partial charge >= 0.3 is 0 Å². The number of carbonyl (C=O) groups is 1. The van der Waals surface area contributed by atoms with Crippen LogP contribution in [0.2, 0.25) is 0 Å². The minimum Gasteiger partial charge on any atom is -0.383 e. The number of aliphatic hydroxyl groups excluding tert-OH is 1. The zero-order chi connectivity index (χ0) is 14.7. The highest BCUT2D eigenvalue weighted by Gasteiger charge is 2.22. The van der Waals surface area contributed by atoms with Crippen molar-refractivity contribution in [1.82, 2.24) is 5.32 Å². The van der Waals surface area contributed by atoms with E-state index < -0.39 is 6.10 Å². The van der Waals surface area contributed by atoms with Gasteiger partial charge in [0.15, 0.2) is 0 Å². The molecule has 1 atom stereocenters. The molecule has 0 spiro atoms. The topological polar surface area (TPSA) is 49.3 Å². The highest BCUT2D eigenvalue weighted by molar-refractivity contribution is 7.12. The first kappa shape index (κ1) is 14.8. The number of hydrogen-bond acceptors (Lipinski definition) is 4. The van der Waals surface area contributed by atoms with Crippen molar-refractivity contribution < 1.29 is 9.90 Å². The van der Waals surface area contributed by atoms with Crippen LogP contribution in [0.3, 0.4) is 0 Å². The van der Waals surface area contributed by atoms with E-state index in [2.05, 4.69) is 5.32 Å². The Kier molecular flexibility index (Phi) is 4.73. The minimum absolute atomic E-state index is 0.181. The van der Waals surface area contributed by atoms with E-state index in [-0.39, 0.29) is 11.8 Å². The lowest BCUT2D eigenvalue weighted by atomic mass is 10.1. The van der Waals surface area contributed by atoms with Crippen molar-refractivity contribution in [3.05, 3.63) is 44.3 Å². The van der Waals surface area contributed by atoms with Gasteiger partial charge < -0.3 is 10.4 Å². The molecule has 112 valence electrons. The average molecular weight is 321 g/mol. The molecule has 0 radical (unpaired) electrons. The molecule has 2 heterocycles. The Morgan fingerprint density at radius 2 is 2.14 bits per heavy atom. The molecule has 21 heavy (non-hydrogen) atoms. The predicted octanol–water partition coefficient (Wildman–Crippen LogP) is 3.70.